The highest BCUT2D eigenvalue weighted by atomic mass is 19.1. The van der Waals surface area contributed by atoms with Crippen molar-refractivity contribution in [1.82, 2.24) is 10.1 Å². The first-order valence-corrected chi connectivity index (χ1v) is 5.86. The molecule has 1 unspecified atom stereocenters. The van der Waals surface area contributed by atoms with Gasteiger partial charge < -0.3 is 10.3 Å². The van der Waals surface area contributed by atoms with E-state index in [0.29, 0.717) is 17.4 Å². The average Bonchev–Trinajstić information content (AvgIpc) is 2.77. The molecule has 2 N–H and O–H groups in total. The second-order valence-electron chi connectivity index (χ2n) is 5.44. The van der Waals surface area contributed by atoms with E-state index >= 15 is 0 Å². The van der Waals surface area contributed by atoms with Crippen LogP contribution in [0.3, 0.4) is 0 Å². The number of anilines is 1. The van der Waals surface area contributed by atoms with Crippen molar-refractivity contribution < 1.29 is 8.91 Å². The average molecular weight is 247 g/mol. The molecule has 1 aliphatic rings. The van der Waals surface area contributed by atoms with Gasteiger partial charge in [0, 0.05) is 11.6 Å². The molecule has 0 aliphatic heterocycles. The van der Waals surface area contributed by atoms with Gasteiger partial charge in [0.2, 0.25) is 0 Å². The zero-order chi connectivity index (χ0) is 12.9. The van der Waals surface area contributed by atoms with Crippen molar-refractivity contribution in [1.29, 1.82) is 0 Å². The number of hydrogen-bond acceptors (Lipinski definition) is 4. The van der Waals surface area contributed by atoms with E-state index in [1.54, 1.807) is 0 Å². The number of benzene rings is 1. The van der Waals surface area contributed by atoms with E-state index in [9.17, 15) is 4.39 Å². The first-order chi connectivity index (χ1) is 8.47. The summed E-state index contributed by atoms with van der Waals surface area (Å²) in [6.07, 6.45) is 1.03. The fourth-order valence-electron chi connectivity index (χ4n) is 2.10. The lowest BCUT2D eigenvalue weighted by Crippen LogP contribution is -1.93. The maximum absolute atomic E-state index is 13.7. The predicted molar refractivity (Wildman–Crippen MR) is 65.2 cm³/mol. The van der Waals surface area contributed by atoms with Crippen molar-refractivity contribution in [3.05, 3.63) is 29.8 Å². The summed E-state index contributed by atoms with van der Waals surface area (Å²) in [5.41, 5.74) is 6.57. The van der Waals surface area contributed by atoms with Gasteiger partial charge in [-0.3, -0.25) is 0 Å². The quantitative estimate of drug-likeness (QED) is 0.828. The Balaban J connectivity index is 1.96. The zero-order valence-corrected chi connectivity index (χ0v) is 10.3. The largest absolute Gasteiger partial charge is 0.399 e. The fraction of sp³-hybridized carbons (Fsp3) is 0.385. The van der Waals surface area contributed by atoms with Crippen molar-refractivity contribution in [3.63, 3.8) is 0 Å². The van der Waals surface area contributed by atoms with Crippen LogP contribution in [-0.2, 0) is 0 Å². The van der Waals surface area contributed by atoms with Gasteiger partial charge in [0.1, 0.15) is 5.82 Å². The maximum atomic E-state index is 13.7. The van der Waals surface area contributed by atoms with Crippen LogP contribution in [0.25, 0.3) is 11.5 Å². The molecule has 1 aromatic heterocycles. The highest BCUT2D eigenvalue weighted by Gasteiger charge is 2.49. The normalized spacial score (nSPS) is 20.9. The number of nitrogens with zero attached hydrogens (tertiary/aromatic N) is 2. The monoisotopic (exact) mass is 247 g/mol. The Morgan fingerprint density at radius 1 is 1.44 bits per heavy atom. The number of aromatic nitrogens is 2. The van der Waals surface area contributed by atoms with Crippen molar-refractivity contribution in [2.75, 3.05) is 5.73 Å². The Bertz CT molecular complexity index is 606. The van der Waals surface area contributed by atoms with Gasteiger partial charge in [-0.1, -0.05) is 19.0 Å². The van der Waals surface area contributed by atoms with Crippen LogP contribution in [0.2, 0.25) is 0 Å². The molecule has 0 bridgehead atoms. The molecule has 0 radical (unpaired) electrons. The fourth-order valence-corrected chi connectivity index (χ4v) is 2.10. The first kappa shape index (κ1) is 11.2. The summed E-state index contributed by atoms with van der Waals surface area (Å²) in [7, 11) is 0. The molecule has 94 valence electrons. The predicted octanol–water partition coefficient (Wildman–Crippen LogP) is 2.97. The van der Waals surface area contributed by atoms with Gasteiger partial charge in [-0.05, 0) is 30.0 Å². The van der Waals surface area contributed by atoms with E-state index < -0.39 is 5.82 Å². The van der Waals surface area contributed by atoms with Gasteiger partial charge in [0.05, 0.1) is 5.56 Å². The Morgan fingerprint density at radius 3 is 2.83 bits per heavy atom. The van der Waals surface area contributed by atoms with Gasteiger partial charge in [0.15, 0.2) is 5.82 Å². The smallest absolute Gasteiger partial charge is 0.260 e. The van der Waals surface area contributed by atoms with Crippen LogP contribution in [0.5, 0.6) is 0 Å². The van der Waals surface area contributed by atoms with Gasteiger partial charge >= 0.3 is 0 Å². The summed E-state index contributed by atoms with van der Waals surface area (Å²) in [6.45, 7) is 4.30. The third-order valence-electron chi connectivity index (χ3n) is 3.49. The second kappa shape index (κ2) is 3.54. The molecular formula is C13H14FN3O. The number of nitrogen functional groups attached to an aromatic ring is 1. The van der Waals surface area contributed by atoms with Crippen molar-refractivity contribution in [2.45, 2.75) is 26.2 Å². The lowest BCUT2D eigenvalue weighted by atomic mass is 10.1. The Kier molecular flexibility index (Phi) is 2.20. The number of nitrogens with two attached hydrogens (primary N) is 1. The van der Waals surface area contributed by atoms with Gasteiger partial charge in [-0.25, -0.2) is 4.39 Å². The van der Waals surface area contributed by atoms with Crippen LogP contribution in [-0.4, -0.2) is 10.1 Å². The van der Waals surface area contributed by atoms with E-state index in [1.807, 2.05) is 0 Å². The van der Waals surface area contributed by atoms with Crippen LogP contribution in [0.15, 0.2) is 22.7 Å². The van der Waals surface area contributed by atoms with Crippen LogP contribution in [0.1, 0.15) is 32.0 Å². The van der Waals surface area contributed by atoms with E-state index in [4.69, 9.17) is 10.3 Å². The van der Waals surface area contributed by atoms with Crippen LogP contribution < -0.4 is 5.73 Å². The van der Waals surface area contributed by atoms with Crippen molar-refractivity contribution in [2.24, 2.45) is 5.41 Å². The summed E-state index contributed by atoms with van der Waals surface area (Å²) in [5, 5.41) is 3.93. The number of hydrogen-bond donors (Lipinski definition) is 1. The van der Waals surface area contributed by atoms with E-state index in [-0.39, 0.29) is 16.9 Å². The molecule has 1 saturated carbocycles. The van der Waals surface area contributed by atoms with Gasteiger partial charge in [0.25, 0.3) is 5.89 Å². The lowest BCUT2D eigenvalue weighted by Gasteiger charge is -1.98. The summed E-state index contributed by atoms with van der Waals surface area (Å²) in [4.78, 5) is 4.27. The van der Waals surface area contributed by atoms with E-state index in [2.05, 4.69) is 24.0 Å². The minimum atomic E-state index is -0.408. The topological polar surface area (TPSA) is 64.9 Å². The molecule has 0 spiro atoms. The lowest BCUT2D eigenvalue weighted by molar-refractivity contribution is 0.417. The summed E-state index contributed by atoms with van der Waals surface area (Å²) >= 11 is 0. The molecule has 1 heterocycles. The first-order valence-electron chi connectivity index (χ1n) is 5.86. The summed E-state index contributed by atoms with van der Waals surface area (Å²) in [5.74, 6) is 0.739. The molecule has 0 saturated heterocycles. The molecule has 4 nitrogen and oxygen atoms in total. The Hall–Kier alpha value is -1.91. The molecule has 18 heavy (non-hydrogen) atoms. The van der Waals surface area contributed by atoms with Gasteiger partial charge in [-0.15, -0.1) is 0 Å². The number of halogens is 1. The molecular weight excluding hydrogens is 233 g/mol. The van der Waals surface area contributed by atoms with Crippen LogP contribution in [0, 0.1) is 11.2 Å². The van der Waals surface area contributed by atoms with Gasteiger partial charge in [-0.2, -0.15) is 4.98 Å². The SMILES string of the molecule is CC1(C)CC1c1noc(-c2cc(N)ccc2F)n1. The highest BCUT2D eigenvalue weighted by Crippen LogP contribution is 2.57. The molecule has 0 amide bonds. The Labute approximate surface area is 104 Å². The van der Waals surface area contributed by atoms with Crippen molar-refractivity contribution in [3.8, 4) is 11.5 Å². The Morgan fingerprint density at radius 2 is 2.17 bits per heavy atom. The minimum Gasteiger partial charge on any atom is -0.399 e. The molecule has 1 fully saturated rings. The van der Waals surface area contributed by atoms with E-state index in [0.717, 1.165) is 6.42 Å². The van der Waals surface area contributed by atoms with Crippen molar-refractivity contribution >= 4 is 5.69 Å². The zero-order valence-electron chi connectivity index (χ0n) is 10.3. The van der Waals surface area contributed by atoms with Crippen LogP contribution in [0.4, 0.5) is 10.1 Å². The molecule has 1 atom stereocenters. The standard InChI is InChI=1S/C13H14FN3O/c1-13(2)6-9(13)11-16-12(18-17-11)8-5-7(15)3-4-10(8)14/h3-5,9H,6,15H2,1-2H3. The maximum Gasteiger partial charge on any atom is 0.260 e. The molecule has 5 heteroatoms. The third kappa shape index (κ3) is 1.75. The van der Waals surface area contributed by atoms with Crippen LogP contribution >= 0.6 is 0 Å². The number of rotatable bonds is 2. The molecule has 3 rings (SSSR count). The summed E-state index contributed by atoms with van der Waals surface area (Å²) in [6, 6.07) is 4.31. The minimum absolute atomic E-state index is 0.192. The highest BCUT2D eigenvalue weighted by molar-refractivity contribution is 5.60. The van der Waals surface area contributed by atoms with E-state index in [1.165, 1.54) is 18.2 Å². The third-order valence-corrected chi connectivity index (χ3v) is 3.49. The molecule has 1 aromatic carbocycles. The molecule has 2 aromatic rings. The summed E-state index contributed by atoms with van der Waals surface area (Å²) < 4.78 is 18.8. The second-order valence-corrected chi connectivity index (χ2v) is 5.44. The molecule has 1 aliphatic carbocycles.